The molecule has 3 saturated heterocycles. The molecule has 0 saturated carbocycles. The average Bonchev–Trinajstić information content (AvgIpc) is 3.10. The van der Waals surface area contributed by atoms with E-state index in [-0.39, 0.29) is 30.9 Å². The molecule has 132 valence electrons. The number of imide groups is 1. The van der Waals surface area contributed by atoms with E-state index in [2.05, 4.69) is 10.6 Å². The van der Waals surface area contributed by atoms with Gasteiger partial charge < -0.3 is 15.5 Å². The molecule has 2 N–H and O–H groups in total. The van der Waals surface area contributed by atoms with Crippen LogP contribution < -0.4 is 10.6 Å². The van der Waals surface area contributed by atoms with Crippen molar-refractivity contribution in [3.63, 3.8) is 0 Å². The second-order valence-electron chi connectivity index (χ2n) is 7.02. The maximum Gasteiger partial charge on any atom is 0.324 e. The molecule has 2 bridgehead atoms. The van der Waals surface area contributed by atoms with Gasteiger partial charge in [0.05, 0.1) is 13.1 Å². The molecule has 0 radical (unpaired) electrons. The minimum absolute atomic E-state index is 0.0217. The summed E-state index contributed by atoms with van der Waals surface area (Å²) in [5.41, 5.74) is 1.40. The Hall–Kier alpha value is -2.41. The number of nitrogens with zero attached hydrogens (tertiary/aromatic N) is 2. The fraction of sp³-hybridized carbons (Fsp3) is 0.500. The first-order valence-electron chi connectivity index (χ1n) is 8.82. The number of benzene rings is 1. The van der Waals surface area contributed by atoms with Gasteiger partial charge in [0.2, 0.25) is 5.91 Å². The number of fused-ring (bicyclic) bond motifs is 2. The molecule has 4 rings (SSSR count). The Labute approximate surface area is 146 Å². The molecule has 0 aromatic heterocycles. The summed E-state index contributed by atoms with van der Waals surface area (Å²) >= 11 is 0. The largest absolute Gasteiger partial charge is 0.337 e. The summed E-state index contributed by atoms with van der Waals surface area (Å²) in [5, 5.41) is 6.08. The van der Waals surface area contributed by atoms with E-state index >= 15 is 0 Å². The number of carbonyl (C=O) groups excluding carboxylic acids is 3. The first kappa shape index (κ1) is 16.1. The predicted octanol–water partition coefficient (Wildman–Crippen LogP) is 0.705. The van der Waals surface area contributed by atoms with E-state index in [4.69, 9.17) is 0 Å². The van der Waals surface area contributed by atoms with Gasteiger partial charge in [-0.1, -0.05) is 12.1 Å². The Morgan fingerprint density at radius 1 is 1.16 bits per heavy atom. The minimum atomic E-state index is -0.378. The highest BCUT2D eigenvalue weighted by Crippen LogP contribution is 2.22. The van der Waals surface area contributed by atoms with E-state index < -0.39 is 0 Å². The molecule has 3 aliphatic rings. The van der Waals surface area contributed by atoms with Crippen molar-refractivity contribution >= 4 is 17.8 Å². The number of urea groups is 1. The highest BCUT2D eigenvalue weighted by Gasteiger charge is 2.32. The summed E-state index contributed by atoms with van der Waals surface area (Å²) in [7, 11) is 0. The van der Waals surface area contributed by atoms with Crippen LogP contribution in [0.2, 0.25) is 0 Å². The molecule has 2 atom stereocenters. The molecule has 3 fully saturated rings. The molecule has 1 aromatic rings. The fourth-order valence-corrected chi connectivity index (χ4v) is 3.91. The van der Waals surface area contributed by atoms with Crippen molar-refractivity contribution in [1.29, 1.82) is 0 Å². The summed E-state index contributed by atoms with van der Waals surface area (Å²) in [4.78, 5) is 39.4. The zero-order valence-corrected chi connectivity index (χ0v) is 14.0. The molecule has 7 heteroatoms. The number of rotatable bonds is 3. The lowest BCUT2D eigenvalue weighted by molar-refractivity contribution is -0.125. The smallest absolute Gasteiger partial charge is 0.324 e. The summed E-state index contributed by atoms with van der Waals surface area (Å²) < 4.78 is 0. The first-order valence-corrected chi connectivity index (χ1v) is 8.82. The third-order valence-corrected chi connectivity index (χ3v) is 5.26. The van der Waals surface area contributed by atoms with Crippen molar-refractivity contribution in [3.05, 3.63) is 35.4 Å². The van der Waals surface area contributed by atoms with Crippen LogP contribution in [0.5, 0.6) is 0 Å². The van der Waals surface area contributed by atoms with Crippen LogP contribution in [0.4, 0.5) is 4.79 Å². The number of nitrogens with one attached hydrogen (secondary N) is 2. The van der Waals surface area contributed by atoms with E-state index in [1.165, 1.54) is 11.3 Å². The molecule has 3 aliphatic heterocycles. The van der Waals surface area contributed by atoms with Crippen LogP contribution in [-0.4, -0.2) is 59.4 Å². The number of amides is 4. The van der Waals surface area contributed by atoms with Gasteiger partial charge in [0.1, 0.15) is 0 Å². The highest BCUT2D eigenvalue weighted by atomic mass is 16.2. The monoisotopic (exact) mass is 342 g/mol. The summed E-state index contributed by atoms with van der Waals surface area (Å²) in [6.07, 6.45) is 3.32. The van der Waals surface area contributed by atoms with Gasteiger partial charge in [-0.05, 0) is 37.0 Å². The van der Waals surface area contributed by atoms with Crippen molar-refractivity contribution in [1.82, 2.24) is 20.4 Å². The molecular formula is C18H22N4O3. The first-order chi connectivity index (χ1) is 12.1. The van der Waals surface area contributed by atoms with Gasteiger partial charge in [0, 0.05) is 30.7 Å². The predicted molar refractivity (Wildman–Crippen MR) is 90.9 cm³/mol. The van der Waals surface area contributed by atoms with Gasteiger partial charge in [0.15, 0.2) is 0 Å². The molecular weight excluding hydrogens is 320 g/mol. The normalized spacial score (nSPS) is 25.9. The highest BCUT2D eigenvalue weighted by molar-refractivity contribution is 6.02. The van der Waals surface area contributed by atoms with Crippen molar-refractivity contribution in [2.45, 2.75) is 37.9 Å². The summed E-state index contributed by atoms with van der Waals surface area (Å²) in [6, 6.07) is 7.78. The molecule has 7 nitrogen and oxygen atoms in total. The van der Waals surface area contributed by atoms with E-state index in [1.807, 2.05) is 17.0 Å². The Bertz CT molecular complexity index is 704. The van der Waals surface area contributed by atoms with Gasteiger partial charge in [-0.25, -0.2) is 4.79 Å². The lowest BCUT2D eigenvalue weighted by atomic mass is 10.1. The van der Waals surface area contributed by atoms with Crippen molar-refractivity contribution in [2.75, 3.05) is 19.6 Å². The molecule has 2 unspecified atom stereocenters. The summed E-state index contributed by atoms with van der Waals surface area (Å²) in [6.45, 7) is 1.75. The quantitative estimate of drug-likeness (QED) is 0.793. The number of hydrogen-bond donors (Lipinski definition) is 2. The van der Waals surface area contributed by atoms with Crippen LogP contribution in [-0.2, 0) is 11.3 Å². The maximum atomic E-state index is 12.9. The van der Waals surface area contributed by atoms with E-state index in [1.54, 1.807) is 12.1 Å². The van der Waals surface area contributed by atoms with Gasteiger partial charge in [-0.15, -0.1) is 0 Å². The lowest BCUT2D eigenvalue weighted by Crippen LogP contribution is -2.39. The van der Waals surface area contributed by atoms with Gasteiger partial charge in [0.25, 0.3) is 5.91 Å². The van der Waals surface area contributed by atoms with Crippen LogP contribution in [0, 0.1) is 0 Å². The number of carbonyl (C=O) groups is 3. The Balaban J connectivity index is 1.48. The van der Waals surface area contributed by atoms with Gasteiger partial charge in [-0.3, -0.25) is 14.5 Å². The van der Waals surface area contributed by atoms with Crippen molar-refractivity contribution in [3.8, 4) is 0 Å². The van der Waals surface area contributed by atoms with Crippen LogP contribution in [0.3, 0.4) is 0 Å². The van der Waals surface area contributed by atoms with Crippen LogP contribution in [0.25, 0.3) is 0 Å². The summed E-state index contributed by atoms with van der Waals surface area (Å²) in [5.74, 6) is -0.218. The lowest BCUT2D eigenvalue weighted by Gasteiger charge is -2.24. The van der Waals surface area contributed by atoms with E-state index in [0.717, 1.165) is 31.5 Å². The Morgan fingerprint density at radius 3 is 2.80 bits per heavy atom. The molecule has 0 aliphatic carbocycles. The molecule has 0 spiro atoms. The standard InChI is InChI=1S/C18H22N4O3/c23-16-9-19-18(25)22(16)10-12-2-1-3-13(8-12)17(24)21-7-6-14-4-5-15(11-21)20-14/h1-3,8,14-15,20H,4-7,9-11H2,(H,19,25). The topological polar surface area (TPSA) is 81.8 Å². The van der Waals surface area contributed by atoms with E-state index in [9.17, 15) is 14.4 Å². The molecule has 25 heavy (non-hydrogen) atoms. The number of hydrogen-bond acceptors (Lipinski definition) is 4. The maximum absolute atomic E-state index is 12.9. The third-order valence-electron chi connectivity index (χ3n) is 5.26. The Morgan fingerprint density at radius 2 is 2.00 bits per heavy atom. The zero-order chi connectivity index (χ0) is 17.4. The second kappa shape index (κ2) is 6.48. The molecule has 4 amide bonds. The van der Waals surface area contributed by atoms with E-state index in [0.29, 0.717) is 17.6 Å². The molecule has 1 aromatic carbocycles. The van der Waals surface area contributed by atoms with Crippen molar-refractivity contribution in [2.24, 2.45) is 0 Å². The number of likely N-dealkylation sites (tertiary alicyclic amines) is 1. The Kier molecular flexibility index (Phi) is 4.17. The minimum Gasteiger partial charge on any atom is -0.337 e. The van der Waals surface area contributed by atoms with Crippen molar-refractivity contribution < 1.29 is 14.4 Å². The molecule has 3 heterocycles. The SMILES string of the molecule is O=C(c1cccc(CN2C(=O)CNC2=O)c1)N1CCC2CCC(C1)N2. The van der Waals surface area contributed by atoms with Gasteiger partial charge >= 0.3 is 6.03 Å². The average molecular weight is 342 g/mol. The van der Waals surface area contributed by atoms with Crippen LogP contribution in [0.1, 0.15) is 35.2 Å². The fourth-order valence-electron chi connectivity index (χ4n) is 3.91. The third kappa shape index (κ3) is 3.24. The van der Waals surface area contributed by atoms with Crippen LogP contribution >= 0.6 is 0 Å². The van der Waals surface area contributed by atoms with Gasteiger partial charge in [-0.2, -0.15) is 0 Å². The zero-order valence-electron chi connectivity index (χ0n) is 14.0. The van der Waals surface area contributed by atoms with Crippen LogP contribution in [0.15, 0.2) is 24.3 Å². The second-order valence-corrected chi connectivity index (χ2v) is 7.02.